The van der Waals surface area contributed by atoms with E-state index in [1.807, 2.05) is 13.8 Å². The standard InChI is InChI=1S/C27H27NO6/c1-17(2)16-34-19-9-6-8-18(14-19)25(29)23-24(21-11-4-5-12-22(21)32-3)28(27(31)26(23)30)15-20-10-7-13-33-20/h4-14,17,24,29H,15-16H2,1-3H3/b25-23-. The Balaban J connectivity index is 1.83. The molecule has 4 rings (SSSR count). The van der Waals surface area contributed by atoms with Crippen molar-refractivity contribution in [1.82, 2.24) is 4.90 Å². The minimum absolute atomic E-state index is 0.0120. The normalized spacial score (nSPS) is 17.4. The van der Waals surface area contributed by atoms with E-state index in [1.54, 1.807) is 60.7 Å². The molecule has 7 heteroatoms. The number of furan rings is 1. The molecule has 176 valence electrons. The van der Waals surface area contributed by atoms with E-state index in [9.17, 15) is 14.7 Å². The first-order valence-electron chi connectivity index (χ1n) is 11.1. The van der Waals surface area contributed by atoms with Crippen LogP contribution in [0.15, 0.2) is 76.9 Å². The Morgan fingerprint density at radius 2 is 1.88 bits per heavy atom. The highest BCUT2D eigenvalue weighted by Gasteiger charge is 2.47. The van der Waals surface area contributed by atoms with E-state index in [1.165, 1.54) is 18.3 Å². The number of benzene rings is 2. The molecular weight excluding hydrogens is 434 g/mol. The molecule has 3 aromatic rings. The van der Waals surface area contributed by atoms with Crippen molar-refractivity contribution in [1.29, 1.82) is 0 Å². The number of amides is 1. The maximum atomic E-state index is 13.2. The quantitative estimate of drug-likeness (QED) is 0.290. The summed E-state index contributed by atoms with van der Waals surface area (Å²) in [6.07, 6.45) is 1.51. The molecule has 7 nitrogen and oxygen atoms in total. The van der Waals surface area contributed by atoms with Gasteiger partial charge in [0.1, 0.15) is 23.0 Å². The summed E-state index contributed by atoms with van der Waals surface area (Å²) >= 11 is 0. The monoisotopic (exact) mass is 461 g/mol. The largest absolute Gasteiger partial charge is 0.507 e. The van der Waals surface area contributed by atoms with Crippen molar-refractivity contribution in [2.75, 3.05) is 13.7 Å². The van der Waals surface area contributed by atoms with E-state index < -0.39 is 17.7 Å². The summed E-state index contributed by atoms with van der Waals surface area (Å²) in [4.78, 5) is 27.8. The van der Waals surface area contributed by atoms with Gasteiger partial charge in [-0.05, 0) is 36.2 Å². The summed E-state index contributed by atoms with van der Waals surface area (Å²) in [6, 6.07) is 16.6. The Kier molecular flexibility index (Phi) is 6.72. The Morgan fingerprint density at radius 1 is 1.09 bits per heavy atom. The Labute approximate surface area is 198 Å². The molecule has 0 saturated carbocycles. The molecule has 1 fully saturated rings. The second-order valence-corrected chi connectivity index (χ2v) is 8.48. The first kappa shape index (κ1) is 23.2. The molecule has 1 N–H and O–H groups in total. The molecule has 1 unspecified atom stereocenters. The number of rotatable bonds is 8. The van der Waals surface area contributed by atoms with Crippen LogP contribution in [0, 0.1) is 5.92 Å². The van der Waals surface area contributed by atoms with Gasteiger partial charge in [-0.2, -0.15) is 0 Å². The SMILES string of the molecule is COc1ccccc1C1/C(=C(/O)c2cccc(OCC(C)C)c2)C(=O)C(=O)N1Cc1ccco1. The molecular formula is C27H27NO6. The minimum Gasteiger partial charge on any atom is -0.507 e. The summed E-state index contributed by atoms with van der Waals surface area (Å²) in [6.45, 7) is 4.66. The van der Waals surface area contributed by atoms with Crippen molar-refractivity contribution in [2.24, 2.45) is 5.92 Å². The second kappa shape index (κ2) is 9.87. The first-order valence-corrected chi connectivity index (χ1v) is 11.1. The van der Waals surface area contributed by atoms with Crippen molar-refractivity contribution < 1.29 is 28.6 Å². The number of ketones is 1. The predicted molar refractivity (Wildman–Crippen MR) is 126 cm³/mol. The average Bonchev–Trinajstić information content (AvgIpc) is 3.45. The molecule has 1 atom stereocenters. The number of aliphatic hydroxyl groups is 1. The highest BCUT2D eigenvalue weighted by Crippen LogP contribution is 2.43. The topological polar surface area (TPSA) is 89.2 Å². The summed E-state index contributed by atoms with van der Waals surface area (Å²) in [5.74, 6) is 0.150. The van der Waals surface area contributed by atoms with Crippen LogP contribution < -0.4 is 9.47 Å². The smallest absolute Gasteiger partial charge is 0.296 e. The van der Waals surface area contributed by atoms with E-state index in [2.05, 4.69) is 0 Å². The lowest BCUT2D eigenvalue weighted by atomic mass is 9.94. The number of para-hydroxylation sites is 1. The molecule has 2 aromatic carbocycles. The third kappa shape index (κ3) is 4.55. The average molecular weight is 462 g/mol. The molecule has 0 aliphatic carbocycles. The lowest BCUT2D eigenvalue weighted by molar-refractivity contribution is -0.140. The fourth-order valence-corrected chi connectivity index (χ4v) is 3.98. The van der Waals surface area contributed by atoms with Crippen molar-refractivity contribution in [2.45, 2.75) is 26.4 Å². The molecule has 34 heavy (non-hydrogen) atoms. The molecule has 0 spiro atoms. The van der Waals surface area contributed by atoms with Gasteiger partial charge in [-0.1, -0.05) is 44.2 Å². The van der Waals surface area contributed by atoms with Gasteiger partial charge in [0, 0.05) is 11.1 Å². The Bertz CT molecular complexity index is 1210. The van der Waals surface area contributed by atoms with Crippen molar-refractivity contribution in [3.8, 4) is 11.5 Å². The van der Waals surface area contributed by atoms with Gasteiger partial charge in [-0.25, -0.2) is 0 Å². The van der Waals surface area contributed by atoms with Crippen LogP contribution in [0.3, 0.4) is 0 Å². The van der Waals surface area contributed by atoms with Gasteiger partial charge in [-0.15, -0.1) is 0 Å². The number of methoxy groups -OCH3 is 1. The molecule has 0 bridgehead atoms. The number of ether oxygens (including phenoxy) is 2. The van der Waals surface area contributed by atoms with E-state index in [-0.39, 0.29) is 17.9 Å². The van der Waals surface area contributed by atoms with Crippen LogP contribution in [-0.4, -0.2) is 35.4 Å². The van der Waals surface area contributed by atoms with Crippen LogP contribution in [0.25, 0.3) is 5.76 Å². The molecule has 0 radical (unpaired) electrons. The van der Waals surface area contributed by atoms with Gasteiger partial charge in [0.05, 0.1) is 38.1 Å². The molecule has 1 aliphatic rings. The first-order chi connectivity index (χ1) is 16.4. The number of carbonyl (C=O) groups excluding carboxylic acids is 2. The van der Waals surface area contributed by atoms with Gasteiger partial charge in [0.2, 0.25) is 0 Å². The lowest BCUT2D eigenvalue weighted by Crippen LogP contribution is -2.29. The molecule has 1 saturated heterocycles. The summed E-state index contributed by atoms with van der Waals surface area (Å²) in [5, 5.41) is 11.3. The van der Waals surface area contributed by atoms with E-state index in [0.717, 1.165) is 0 Å². The summed E-state index contributed by atoms with van der Waals surface area (Å²) in [7, 11) is 1.52. The van der Waals surface area contributed by atoms with Crippen LogP contribution >= 0.6 is 0 Å². The van der Waals surface area contributed by atoms with Crippen molar-refractivity contribution in [3.63, 3.8) is 0 Å². The van der Waals surface area contributed by atoms with Crippen LogP contribution in [0.1, 0.15) is 36.8 Å². The van der Waals surface area contributed by atoms with E-state index in [4.69, 9.17) is 13.9 Å². The van der Waals surface area contributed by atoms with Crippen LogP contribution in [0.2, 0.25) is 0 Å². The van der Waals surface area contributed by atoms with Crippen LogP contribution in [-0.2, 0) is 16.1 Å². The second-order valence-electron chi connectivity index (χ2n) is 8.48. The maximum absolute atomic E-state index is 13.2. The summed E-state index contributed by atoms with van der Waals surface area (Å²) < 4.78 is 16.7. The number of hydrogen-bond donors (Lipinski definition) is 1. The predicted octanol–water partition coefficient (Wildman–Crippen LogP) is 4.94. The molecule has 1 amide bonds. The lowest BCUT2D eigenvalue weighted by Gasteiger charge is -2.25. The third-order valence-corrected chi connectivity index (χ3v) is 5.57. The number of carbonyl (C=O) groups is 2. The van der Waals surface area contributed by atoms with E-state index >= 15 is 0 Å². The van der Waals surface area contributed by atoms with Crippen LogP contribution in [0.4, 0.5) is 0 Å². The highest BCUT2D eigenvalue weighted by atomic mass is 16.5. The van der Waals surface area contributed by atoms with Gasteiger partial charge in [0.15, 0.2) is 0 Å². The number of Topliss-reactive ketones (excluding diaryl/α,β-unsaturated/α-hetero) is 1. The molecule has 2 heterocycles. The van der Waals surface area contributed by atoms with Crippen LogP contribution in [0.5, 0.6) is 11.5 Å². The fraction of sp³-hybridized carbons (Fsp3) is 0.259. The van der Waals surface area contributed by atoms with Crippen molar-refractivity contribution in [3.05, 3.63) is 89.4 Å². The number of aliphatic hydroxyl groups excluding tert-OH is 1. The third-order valence-electron chi connectivity index (χ3n) is 5.57. The summed E-state index contributed by atoms with van der Waals surface area (Å²) in [5.41, 5.74) is 0.962. The van der Waals surface area contributed by atoms with Gasteiger partial charge >= 0.3 is 0 Å². The zero-order valence-electron chi connectivity index (χ0n) is 19.4. The molecule has 1 aromatic heterocycles. The Morgan fingerprint density at radius 3 is 2.59 bits per heavy atom. The molecule has 1 aliphatic heterocycles. The zero-order chi connectivity index (χ0) is 24.2. The number of hydrogen-bond acceptors (Lipinski definition) is 6. The minimum atomic E-state index is -0.860. The zero-order valence-corrected chi connectivity index (χ0v) is 19.4. The number of likely N-dealkylation sites (tertiary alicyclic amines) is 1. The van der Waals surface area contributed by atoms with Gasteiger partial charge < -0.3 is 23.9 Å². The fourth-order valence-electron chi connectivity index (χ4n) is 3.98. The van der Waals surface area contributed by atoms with Crippen molar-refractivity contribution >= 4 is 17.4 Å². The van der Waals surface area contributed by atoms with E-state index in [0.29, 0.717) is 40.9 Å². The number of nitrogens with zero attached hydrogens (tertiary/aromatic N) is 1. The highest BCUT2D eigenvalue weighted by molar-refractivity contribution is 6.46. The maximum Gasteiger partial charge on any atom is 0.296 e. The van der Waals surface area contributed by atoms with Gasteiger partial charge in [0.25, 0.3) is 11.7 Å². The van der Waals surface area contributed by atoms with Gasteiger partial charge in [-0.3, -0.25) is 9.59 Å². The Hall–Kier alpha value is -4.00.